The summed E-state index contributed by atoms with van der Waals surface area (Å²) in [6, 6.07) is 0. The van der Waals surface area contributed by atoms with E-state index >= 15 is 0 Å². The van der Waals surface area contributed by atoms with Gasteiger partial charge in [0.05, 0.1) is 6.61 Å². The smallest absolute Gasteiger partial charge is 0.368 e. The van der Waals surface area contributed by atoms with E-state index in [2.05, 4.69) is 9.78 Å². The van der Waals surface area contributed by atoms with E-state index in [1.165, 1.54) is 6.92 Å². The fraction of sp³-hybridized carbons (Fsp3) is 1.00. The number of ether oxygens (including phenoxy) is 3. The van der Waals surface area contributed by atoms with Gasteiger partial charge in [0.25, 0.3) is 11.6 Å². The second kappa shape index (κ2) is 8.97. The molecule has 2 heterocycles. The molecule has 34 heavy (non-hydrogen) atoms. The van der Waals surface area contributed by atoms with Gasteiger partial charge >= 0.3 is 17.5 Å². The van der Waals surface area contributed by atoms with Crippen molar-refractivity contribution in [3.63, 3.8) is 0 Å². The van der Waals surface area contributed by atoms with Crippen molar-refractivity contribution in [1.29, 1.82) is 0 Å². The van der Waals surface area contributed by atoms with Crippen molar-refractivity contribution in [3.05, 3.63) is 0 Å². The quantitative estimate of drug-likeness (QED) is 0.0774. The van der Waals surface area contributed by atoms with Crippen molar-refractivity contribution >= 4 is 0 Å². The Hall–Kier alpha value is -0.760. The molecule has 2 rings (SSSR count). The van der Waals surface area contributed by atoms with E-state index < -0.39 is 78.6 Å². The molecule has 19 nitrogen and oxygen atoms in total. The van der Waals surface area contributed by atoms with E-state index in [4.69, 9.17) is 24.7 Å². The molecule has 19 heteroatoms. The third-order valence-electron chi connectivity index (χ3n) is 5.79. The molecule has 0 amide bonds. The van der Waals surface area contributed by atoms with Gasteiger partial charge < -0.3 is 75.5 Å². The molecule has 0 aromatic rings. The van der Waals surface area contributed by atoms with Crippen molar-refractivity contribution in [3.8, 4) is 0 Å². The molecule has 0 saturated carbocycles. The predicted molar refractivity (Wildman–Crippen MR) is 92.4 cm³/mol. The Bertz CT molecular complexity index is 730. The van der Waals surface area contributed by atoms with Gasteiger partial charge in [0.1, 0.15) is 24.9 Å². The zero-order chi connectivity index (χ0) is 26.6. The zero-order valence-corrected chi connectivity index (χ0v) is 17.4. The number of aliphatic hydroxyl groups is 12. The molecule has 1 unspecified atom stereocenters. The van der Waals surface area contributed by atoms with Crippen LogP contribution in [-0.4, -0.2) is 144 Å². The summed E-state index contributed by atoms with van der Waals surface area (Å²) in [5, 5.41) is 140. The first-order valence-electron chi connectivity index (χ1n) is 9.50. The largest absolute Gasteiger partial charge is 0.394 e. The average molecular weight is 512 g/mol. The van der Waals surface area contributed by atoms with Gasteiger partial charge in [-0.2, -0.15) is 9.78 Å². The van der Waals surface area contributed by atoms with Crippen LogP contribution in [0.2, 0.25) is 0 Å². The molecule has 0 radical (unpaired) electrons. The van der Waals surface area contributed by atoms with Gasteiger partial charge in [-0.15, -0.1) is 0 Å². The van der Waals surface area contributed by atoms with Gasteiger partial charge in [0, 0.05) is 6.42 Å². The summed E-state index contributed by atoms with van der Waals surface area (Å²) in [5.41, 5.74) is 0. The lowest BCUT2D eigenvalue weighted by Gasteiger charge is -2.62. The molecule has 202 valence electrons. The topological polar surface area (TPSA) is 329 Å². The lowest BCUT2D eigenvalue weighted by Crippen LogP contribution is -2.92. The average Bonchev–Trinajstić information content (AvgIpc) is 3.01. The summed E-state index contributed by atoms with van der Waals surface area (Å²) in [4.78, 5) is 6.44. The highest BCUT2D eigenvalue weighted by Gasteiger charge is 2.90. The van der Waals surface area contributed by atoms with Crippen LogP contribution in [0.3, 0.4) is 0 Å². The first kappa shape index (κ1) is 29.5. The van der Waals surface area contributed by atoms with Crippen LogP contribution in [-0.2, 0) is 24.0 Å². The Labute approximate surface area is 188 Å². The first-order valence-corrected chi connectivity index (χ1v) is 9.50. The monoisotopic (exact) mass is 512 g/mol. The summed E-state index contributed by atoms with van der Waals surface area (Å²) in [6.45, 7) is -1.27. The minimum Gasteiger partial charge on any atom is -0.394 e. The van der Waals surface area contributed by atoms with E-state index in [0.29, 0.717) is 0 Å². The van der Waals surface area contributed by atoms with Crippen molar-refractivity contribution in [2.24, 2.45) is 0 Å². The van der Waals surface area contributed by atoms with Gasteiger partial charge in [-0.1, -0.05) is 13.3 Å². The van der Waals surface area contributed by atoms with Crippen LogP contribution in [0.15, 0.2) is 0 Å². The van der Waals surface area contributed by atoms with Crippen LogP contribution < -0.4 is 0 Å². The molecular weight excluding hydrogens is 484 g/mol. The number of aliphatic hydroxyl groups excluding tert-OH is 4. The molecule has 0 aliphatic carbocycles. The van der Waals surface area contributed by atoms with Gasteiger partial charge in [0.2, 0.25) is 11.6 Å². The van der Waals surface area contributed by atoms with Crippen molar-refractivity contribution in [2.75, 3.05) is 13.2 Å². The summed E-state index contributed by atoms with van der Waals surface area (Å²) in [7, 11) is 0. The third kappa shape index (κ3) is 3.51. The van der Waals surface area contributed by atoms with Crippen LogP contribution >= 0.6 is 0 Å². The molecule has 2 fully saturated rings. The van der Waals surface area contributed by atoms with Crippen LogP contribution in [0.4, 0.5) is 0 Å². The molecule has 0 bridgehead atoms. The van der Waals surface area contributed by atoms with Crippen LogP contribution in [0.1, 0.15) is 19.8 Å². The zero-order valence-electron chi connectivity index (χ0n) is 17.4. The normalized spacial score (nSPS) is 44.4. The Balaban J connectivity index is 2.83. The Kier molecular flexibility index (Phi) is 7.77. The van der Waals surface area contributed by atoms with Crippen molar-refractivity contribution in [1.82, 2.24) is 0 Å². The Morgan fingerprint density at radius 3 is 1.88 bits per heavy atom. The van der Waals surface area contributed by atoms with E-state index in [0.717, 1.165) is 0 Å². The third-order valence-corrected chi connectivity index (χ3v) is 5.79. The van der Waals surface area contributed by atoms with Gasteiger partial charge in [0.15, 0.2) is 0 Å². The maximum atomic E-state index is 10.7. The fourth-order valence-electron chi connectivity index (χ4n) is 3.82. The second-order valence-electron chi connectivity index (χ2n) is 7.87. The molecule has 2 aliphatic heterocycles. The Morgan fingerprint density at radius 1 is 0.941 bits per heavy atom. The SMILES string of the molecule is CCC[C@@]1(OC2(CO)O[C@H](CO)[C@@H](O)[C@@H]2O)O[C@](O)(C(O)(O)OO)[C@@](O)(OO)C(O)(O)C1(O)O. The second-order valence-corrected chi connectivity index (χ2v) is 7.87. The lowest BCUT2D eigenvalue weighted by molar-refractivity contribution is -0.694. The molecule has 2 saturated heterocycles. The lowest BCUT2D eigenvalue weighted by atomic mass is 9.78. The van der Waals surface area contributed by atoms with Crippen LogP contribution in [0.25, 0.3) is 0 Å². The molecule has 0 aromatic carbocycles. The number of hydrogen-bond donors (Lipinski definition) is 14. The maximum Gasteiger partial charge on any atom is 0.368 e. The molecular formula is C15H28O19. The van der Waals surface area contributed by atoms with E-state index in [1.807, 2.05) is 0 Å². The summed E-state index contributed by atoms with van der Waals surface area (Å²) in [6.07, 6.45) is -7.55. The number of rotatable bonds is 9. The summed E-state index contributed by atoms with van der Waals surface area (Å²) < 4.78 is 14.9. The fourth-order valence-corrected chi connectivity index (χ4v) is 3.82. The highest BCUT2D eigenvalue weighted by Crippen LogP contribution is 2.57. The molecule has 7 atom stereocenters. The van der Waals surface area contributed by atoms with Crippen molar-refractivity contribution < 1.29 is 95.8 Å². The van der Waals surface area contributed by atoms with Gasteiger partial charge in [-0.3, -0.25) is 0 Å². The van der Waals surface area contributed by atoms with Gasteiger partial charge in [-0.05, 0) is 0 Å². The summed E-state index contributed by atoms with van der Waals surface area (Å²) >= 11 is 0. The predicted octanol–water partition coefficient (Wildman–Crippen LogP) is -7.31. The maximum absolute atomic E-state index is 10.7. The first-order chi connectivity index (χ1) is 15.4. The molecule has 0 spiro atoms. The van der Waals surface area contributed by atoms with E-state index in [1.54, 1.807) is 0 Å². The highest BCUT2D eigenvalue weighted by atomic mass is 17.2. The summed E-state index contributed by atoms with van der Waals surface area (Å²) in [5.74, 6) is -30.5. The van der Waals surface area contributed by atoms with Crippen molar-refractivity contribution in [2.45, 2.75) is 78.8 Å². The minimum atomic E-state index is -4.89. The van der Waals surface area contributed by atoms with E-state index in [-0.39, 0.29) is 6.42 Å². The molecule has 2 aliphatic rings. The van der Waals surface area contributed by atoms with Crippen LogP contribution in [0.5, 0.6) is 0 Å². The standard InChI is InChI=1S/C15H28O19/c1-2-3-10(31-9(5-17)8(19)7(18)6(4-16)30-9)11(20,21)12(22,23)13(24,33-28)14(25,32-10)15(26,27)34-29/h6-8,16-29H,2-5H2,1H3/t6-,7-,8+,9?,10-,13+,14+/m1/s1. The minimum absolute atomic E-state index is 0.374. The molecule has 0 aromatic heterocycles. The van der Waals surface area contributed by atoms with Gasteiger partial charge in [-0.25, -0.2) is 10.5 Å². The highest BCUT2D eigenvalue weighted by molar-refractivity contribution is 5.16. The van der Waals surface area contributed by atoms with Crippen LogP contribution in [0, 0.1) is 0 Å². The molecule has 14 N–H and O–H groups in total. The Morgan fingerprint density at radius 2 is 1.50 bits per heavy atom. The number of hydrogen-bond acceptors (Lipinski definition) is 19. The van der Waals surface area contributed by atoms with E-state index in [9.17, 15) is 61.3 Å².